The van der Waals surface area contributed by atoms with Gasteiger partial charge in [0, 0.05) is 6.04 Å². The molecule has 2 N–H and O–H groups in total. The van der Waals surface area contributed by atoms with Gasteiger partial charge in [0.25, 0.3) is 0 Å². The molecule has 2 unspecified atom stereocenters. The third kappa shape index (κ3) is 2.06. The zero-order valence-corrected chi connectivity index (χ0v) is 7.47. The number of nitrogens with two attached hydrogens (primary N) is 1. The largest absolute Gasteiger partial charge is 0.327 e. The van der Waals surface area contributed by atoms with E-state index in [2.05, 4.69) is 13.5 Å². The summed E-state index contributed by atoms with van der Waals surface area (Å²) in [5.41, 5.74) is 7.34. The lowest BCUT2D eigenvalue weighted by Crippen LogP contribution is -2.25. The molecule has 11 heavy (non-hydrogen) atoms. The summed E-state index contributed by atoms with van der Waals surface area (Å²) >= 11 is 0. The molecule has 1 nitrogen and oxygen atoms in total. The zero-order valence-electron chi connectivity index (χ0n) is 7.47. The summed E-state index contributed by atoms with van der Waals surface area (Å²) in [5, 5.41) is 0. The molecule has 0 heterocycles. The third-order valence-electron chi connectivity index (χ3n) is 2.66. The van der Waals surface area contributed by atoms with Crippen molar-refractivity contribution < 1.29 is 0 Å². The molecule has 1 saturated carbocycles. The normalized spacial score (nSPS) is 30.7. The Kier molecular flexibility index (Phi) is 3.13. The third-order valence-corrected chi connectivity index (χ3v) is 2.66. The quantitative estimate of drug-likeness (QED) is 0.619. The van der Waals surface area contributed by atoms with Crippen LogP contribution < -0.4 is 5.73 Å². The molecule has 1 aliphatic carbocycles. The van der Waals surface area contributed by atoms with Crippen molar-refractivity contribution in [1.29, 1.82) is 0 Å². The van der Waals surface area contributed by atoms with Crippen LogP contribution in [0.3, 0.4) is 0 Å². The van der Waals surface area contributed by atoms with Crippen molar-refractivity contribution in [2.45, 2.75) is 45.1 Å². The Balaban J connectivity index is 2.39. The lowest BCUT2D eigenvalue weighted by atomic mass is 9.92. The highest BCUT2D eigenvalue weighted by atomic mass is 14.7. The molecule has 0 aliphatic heterocycles. The fourth-order valence-electron chi connectivity index (χ4n) is 2.00. The maximum absolute atomic E-state index is 5.95. The van der Waals surface area contributed by atoms with Crippen LogP contribution in [0.25, 0.3) is 0 Å². The van der Waals surface area contributed by atoms with Crippen LogP contribution in [0.5, 0.6) is 0 Å². The average molecular weight is 153 g/mol. The maximum atomic E-state index is 5.95. The fourth-order valence-corrected chi connectivity index (χ4v) is 2.00. The Labute approximate surface area is 69.7 Å². The van der Waals surface area contributed by atoms with E-state index in [1.54, 1.807) is 0 Å². The SMILES string of the molecule is C=C(CCC)C1CCCC1N. The van der Waals surface area contributed by atoms with Gasteiger partial charge in [0.1, 0.15) is 0 Å². The first-order valence-corrected chi connectivity index (χ1v) is 4.69. The summed E-state index contributed by atoms with van der Waals surface area (Å²) < 4.78 is 0. The van der Waals surface area contributed by atoms with Gasteiger partial charge >= 0.3 is 0 Å². The van der Waals surface area contributed by atoms with Gasteiger partial charge in [-0.2, -0.15) is 0 Å². The van der Waals surface area contributed by atoms with Gasteiger partial charge in [-0.1, -0.05) is 31.9 Å². The van der Waals surface area contributed by atoms with E-state index < -0.39 is 0 Å². The second-order valence-corrected chi connectivity index (χ2v) is 3.61. The van der Waals surface area contributed by atoms with Gasteiger partial charge in [-0.3, -0.25) is 0 Å². The molecule has 0 spiro atoms. The Bertz CT molecular complexity index is 140. The Morgan fingerprint density at radius 3 is 2.73 bits per heavy atom. The predicted octanol–water partition coefficient (Wildman–Crippen LogP) is 2.47. The topological polar surface area (TPSA) is 26.0 Å². The van der Waals surface area contributed by atoms with Crippen molar-refractivity contribution in [3.8, 4) is 0 Å². The van der Waals surface area contributed by atoms with E-state index in [1.807, 2.05) is 0 Å². The molecule has 1 rings (SSSR count). The Morgan fingerprint density at radius 2 is 2.27 bits per heavy atom. The minimum absolute atomic E-state index is 0.411. The zero-order chi connectivity index (χ0) is 8.27. The smallest absolute Gasteiger partial charge is 0.0104 e. The summed E-state index contributed by atoms with van der Waals surface area (Å²) in [5.74, 6) is 0.634. The highest BCUT2D eigenvalue weighted by Gasteiger charge is 2.25. The van der Waals surface area contributed by atoms with Crippen molar-refractivity contribution in [1.82, 2.24) is 0 Å². The predicted molar refractivity (Wildman–Crippen MR) is 49.4 cm³/mol. The van der Waals surface area contributed by atoms with Crippen molar-refractivity contribution in [2.24, 2.45) is 11.7 Å². The summed E-state index contributed by atoms with van der Waals surface area (Å²) in [7, 11) is 0. The Morgan fingerprint density at radius 1 is 1.55 bits per heavy atom. The van der Waals surface area contributed by atoms with E-state index in [0.29, 0.717) is 12.0 Å². The van der Waals surface area contributed by atoms with Gasteiger partial charge < -0.3 is 5.73 Å². The minimum atomic E-state index is 0.411. The van der Waals surface area contributed by atoms with Gasteiger partial charge in [-0.05, 0) is 25.2 Å². The number of rotatable bonds is 3. The summed E-state index contributed by atoms with van der Waals surface area (Å²) in [6, 6.07) is 0.411. The molecule has 0 amide bonds. The van der Waals surface area contributed by atoms with Crippen molar-refractivity contribution in [3.63, 3.8) is 0 Å². The van der Waals surface area contributed by atoms with E-state index in [1.165, 1.54) is 37.7 Å². The van der Waals surface area contributed by atoms with Crippen molar-refractivity contribution >= 4 is 0 Å². The van der Waals surface area contributed by atoms with Crippen molar-refractivity contribution in [2.75, 3.05) is 0 Å². The molecule has 1 aliphatic rings. The average Bonchev–Trinajstić information content (AvgIpc) is 2.36. The van der Waals surface area contributed by atoms with Gasteiger partial charge in [0.2, 0.25) is 0 Å². The van der Waals surface area contributed by atoms with Gasteiger partial charge in [-0.15, -0.1) is 0 Å². The molecule has 64 valence electrons. The minimum Gasteiger partial charge on any atom is -0.327 e. The molecule has 1 heteroatoms. The molecule has 0 aromatic rings. The molecule has 1 fully saturated rings. The standard InChI is InChI=1S/C10H19N/c1-3-5-8(2)9-6-4-7-10(9)11/h9-10H,2-7,11H2,1H3. The lowest BCUT2D eigenvalue weighted by molar-refractivity contribution is 0.533. The number of hydrogen-bond acceptors (Lipinski definition) is 1. The second kappa shape index (κ2) is 3.91. The highest BCUT2D eigenvalue weighted by Crippen LogP contribution is 2.31. The molecule has 0 aromatic heterocycles. The van der Waals surface area contributed by atoms with Crippen LogP contribution in [0.1, 0.15) is 39.0 Å². The van der Waals surface area contributed by atoms with E-state index >= 15 is 0 Å². The molecule has 0 radical (unpaired) electrons. The molecular formula is C10H19N. The first kappa shape index (κ1) is 8.79. The van der Waals surface area contributed by atoms with Crippen LogP contribution in [0.4, 0.5) is 0 Å². The molecule has 0 bridgehead atoms. The first-order valence-electron chi connectivity index (χ1n) is 4.69. The van der Waals surface area contributed by atoms with Crippen LogP contribution in [-0.2, 0) is 0 Å². The van der Waals surface area contributed by atoms with Crippen LogP contribution in [0.2, 0.25) is 0 Å². The van der Waals surface area contributed by atoms with Crippen LogP contribution in [0, 0.1) is 5.92 Å². The van der Waals surface area contributed by atoms with E-state index in [-0.39, 0.29) is 0 Å². The van der Waals surface area contributed by atoms with Crippen LogP contribution in [-0.4, -0.2) is 6.04 Å². The Hall–Kier alpha value is -0.300. The van der Waals surface area contributed by atoms with Crippen molar-refractivity contribution in [3.05, 3.63) is 12.2 Å². The monoisotopic (exact) mass is 153 g/mol. The van der Waals surface area contributed by atoms with Crippen LogP contribution >= 0.6 is 0 Å². The summed E-state index contributed by atoms with van der Waals surface area (Å²) in [4.78, 5) is 0. The molecule has 0 aromatic carbocycles. The number of hydrogen-bond donors (Lipinski definition) is 1. The summed E-state index contributed by atoms with van der Waals surface area (Å²) in [6.45, 7) is 6.30. The lowest BCUT2D eigenvalue weighted by Gasteiger charge is -2.17. The van der Waals surface area contributed by atoms with Gasteiger partial charge in [-0.25, -0.2) is 0 Å². The van der Waals surface area contributed by atoms with E-state index in [9.17, 15) is 0 Å². The van der Waals surface area contributed by atoms with Gasteiger partial charge in [0.15, 0.2) is 0 Å². The maximum Gasteiger partial charge on any atom is 0.0104 e. The van der Waals surface area contributed by atoms with E-state index in [0.717, 1.165) is 0 Å². The molecular weight excluding hydrogens is 134 g/mol. The first-order chi connectivity index (χ1) is 5.25. The van der Waals surface area contributed by atoms with Gasteiger partial charge in [0.05, 0.1) is 0 Å². The highest BCUT2D eigenvalue weighted by molar-refractivity contribution is 5.06. The van der Waals surface area contributed by atoms with E-state index in [4.69, 9.17) is 5.73 Å². The molecule has 2 atom stereocenters. The molecule has 0 saturated heterocycles. The van der Waals surface area contributed by atoms with Crippen LogP contribution in [0.15, 0.2) is 12.2 Å². The summed E-state index contributed by atoms with van der Waals surface area (Å²) in [6.07, 6.45) is 6.16. The second-order valence-electron chi connectivity index (χ2n) is 3.61. The fraction of sp³-hybridized carbons (Fsp3) is 0.800.